The lowest BCUT2D eigenvalue weighted by atomic mass is 9.84. The van der Waals surface area contributed by atoms with Crippen molar-refractivity contribution in [1.82, 2.24) is 5.32 Å². The Hall–Kier alpha value is -3.80. The van der Waals surface area contributed by atoms with Gasteiger partial charge in [-0.05, 0) is 35.0 Å². The number of carbonyl (C=O) groups excluding carboxylic acids is 1. The number of nitrogens with one attached hydrogen (secondary N) is 1. The van der Waals surface area contributed by atoms with Gasteiger partial charge in [0.15, 0.2) is 0 Å². The van der Waals surface area contributed by atoms with Crippen LogP contribution in [0.15, 0.2) is 59.8 Å². The number of nitrogens with zero attached hydrogens (tertiary/aromatic N) is 1. The van der Waals surface area contributed by atoms with Gasteiger partial charge in [0.1, 0.15) is 6.54 Å². The Morgan fingerprint density at radius 3 is 2.32 bits per heavy atom. The van der Waals surface area contributed by atoms with Gasteiger partial charge in [0.25, 0.3) is 11.5 Å². The molecule has 1 atom stereocenters. The molecule has 0 saturated heterocycles. The summed E-state index contributed by atoms with van der Waals surface area (Å²) in [7, 11) is 0. The summed E-state index contributed by atoms with van der Waals surface area (Å²) in [5.41, 5.74) is -5.50. The largest absolute Gasteiger partial charge is 0.480 e. The number of hydrogen-bond acceptors (Lipinski definition) is 4. The van der Waals surface area contributed by atoms with Gasteiger partial charge >= 0.3 is 18.3 Å². The third kappa shape index (κ3) is 4.93. The maximum Gasteiger partial charge on any atom is 0.435 e. The average Bonchev–Trinajstić information content (AvgIpc) is 3.28. The van der Waals surface area contributed by atoms with Gasteiger partial charge in [-0.15, -0.1) is 0 Å². The summed E-state index contributed by atoms with van der Waals surface area (Å²) >= 11 is 5.74. The predicted octanol–water partition coefficient (Wildman–Crippen LogP) is 5.91. The third-order valence-corrected chi connectivity index (χ3v) is 5.98. The summed E-state index contributed by atoms with van der Waals surface area (Å²) < 4.78 is 83.0. The van der Waals surface area contributed by atoms with E-state index < -0.39 is 58.9 Å². The van der Waals surface area contributed by atoms with E-state index >= 15 is 0 Å². The molecule has 194 valence electrons. The topological polar surface area (TPSA) is 88.0 Å². The Morgan fingerprint density at radius 1 is 1.03 bits per heavy atom. The number of alkyl halides is 6. The van der Waals surface area contributed by atoms with Gasteiger partial charge in [0.05, 0.1) is 11.3 Å². The number of benzene rings is 3. The lowest BCUT2D eigenvalue weighted by Gasteiger charge is -2.30. The van der Waals surface area contributed by atoms with Gasteiger partial charge in [-0.25, -0.2) is 0 Å². The van der Waals surface area contributed by atoms with Crippen LogP contribution in [0.4, 0.5) is 26.3 Å². The average molecular weight is 545 g/mol. The molecule has 1 heterocycles. The van der Waals surface area contributed by atoms with Crippen molar-refractivity contribution in [2.45, 2.75) is 24.4 Å². The van der Waals surface area contributed by atoms with Crippen LogP contribution in [0.5, 0.6) is 0 Å². The number of carboxylic acid groups (broad SMARTS) is 1. The fourth-order valence-electron chi connectivity index (χ4n) is 4.03. The molecular weight excluding hydrogens is 530 g/mol. The minimum Gasteiger partial charge on any atom is -0.480 e. The Morgan fingerprint density at radius 2 is 1.70 bits per heavy atom. The molecule has 0 radical (unpaired) electrons. The number of hydrogen-bond donors (Lipinski definition) is 2. The maximum absolute atomic E-state index is 14.4. The molecule has 0 aliphatic carbocycles. The number of aliphatic carboxylic acids is 1. The van der Waals surface area contributed by atoms with Crippen LogP contribution in [0.2, 0.25) is 5.02 Å². The second-order valence-electron chi connectivity index (χ2n) is 8.14. The van der Waals surface area contributed by atoms with Crippen molar-refractivity contribution < 1.29 is 45.9 Å². The summed E-state index contributed by atoms with van der Waals surface area (Å²) in [6.07, 6.45) is -11.1. The standard InChI is InChI=1S/C24H15ClF6N2O4/c25-14-8-12(7-13(9-14)23(26,27)28)22(24(29,30)31)10-19(33-37-22)17-5-6-18(21(36)32-11-20(34)35)16-4-2-1-3-15(16)17/h1-9H,10-11H2,(H,32,36)(H,34,35). The van der Waals surface area contributed by atoms with Gasteiger partial charge in [0, 0.05) is 28.1 Å². The molecule has 37 heavy (non-hydrogen) atoms. The number of carbonyl (C=O) groups is 2. The van der Waals surface area contributed by atoms with Gasteiger partial charge in [0.2, 0.25) is 0 Å². The van der Waals surface area contributed by atoms with E-state index in [1.54, 1.807) is 12.1 Å². The summed E-state index contributed by atoms with van der Waals surface area (Å²) in [4.78, 5) is 28.1. The zero-order valence-electron chi connectivity index (χ0n) is 18.4. The molecule has 3 aromatic carbocycles. The van der Waals surface area contributed by atoms with E-state index in [0.29, 0.717) is 17.5 Å². The molecule has 0 bridgehead atoms. The van der Waals surface area contributed by atoms with Crippen molar-refractivity contribution in [3.63, 3.8) is 0 Å². The summed E-state index contributed by atoms with van der Waals surface area (Å²) in [5, 5.41) is 14.6. The molecule has 0 aromatic heterocycles. The Balaban J connectivity index is 1.78. The van der Waals surface area contributed by atoms with Gasteiger partial charge in [-0.2, -0.15) is 26.3 Å². The van der Waals surface area contributed by atoms with Crippen molar-refractivity contribution in [3.8, 4) is 0 Å². The highest BCUT2D eigenvalue weighted by Gasteiger charge is 2.62. The van der Waals surface area contributed by atoms with Crippen LogP contribution in [0.25, 0.3) is 10.8 Å². The van der Waals surface area contributed by atoms with Crippen LogP contribution in [0.1, 0.15) is 33.5 Å². The highest BCUT2D eigenvalue weighted by molar-refractivity contribution is 6.30. The number of halogens is 7. The van der Waals surface area contributed by atoms with Crippen molar-refractivity contribution in [2.24, 2.45) is 5.16 Å². The van der Waals surface area contributed by atoms with E-state index in [9.17, 15) is 35.9 Å². The van der Waals surface area contributed by atoms with Crippen molar-refractivity contribution >= 4 is 40.0 Å². The SMILES string of the molecule is O=C(O)CNC(=O)c1ccc(C2=NOC(c3cc(Cl)cc(C(F)(F)F)c3)(C(F)(F)F)C2)c2ccccc12. The molecule has 2 N–H and O–H groups in total. The normalized spacial score (nSPS) is 17.9. The molecule has 0 fully saturated rings. The van der Waals surface area contributed by atoms with Crippen LogP contribution in [-0.2, 0) is 21.4 Å². The van der Waals surface area contributed by atoms with Crippen molar-refractivity contribution in [3.05, 3.63) is 81.9 Å². The molecule has 3 aromatic rings. The van der Waals surface area contributed by atoms with Crippen molar-refractivity contribution in [1.29, 1.82) is 0 Å². The maximum atomic E-state index is 14.4. The van der Waals surface area contributed by atoms with Crippen LogP contribution in [-0.4, -0.2) is 35.4 Å². The zero-order valence-corrected chi connectivity index (χ0v) is 19.1. The Kier molecular flexibility index (Phi) is 6.57. The van der Waals surface area contributed by atoms with E-state index in [4.69, 9.17) is 21.5 Å². The molecule has 13 heteroatoms. The summed E-state index contributed by atoms with van der Waals surface area (Å²) in [6.45, 7) is -0.650. The van der Waals surface area contributed by atoms with Gasteiger partial charge in [-0.1, -0.05) is 47.1 Å². The molecule has 6 nitrogen and oxygen atoms in total. The second kappa shape index (κ2) is 9.25. The van der Waals surface area contributed by atoms with E-state index in [-0.39, 0.29) is 22.2 Å². The van der Waals surface area contributed by atoms with Crippen molar-refractivity contribution in [2.75, 3.05) is 6.54 Å². The summed E-state index contributed by atoms with van der Waals surface area (Å²) in [6, 6.07) is 10.3. The zero-order chi connectivity index (χ0) is 27.2. The molecule has 1 aliphatic rings. The van der Waals surface area contributed by atoms with Crippen LogP contribution in [0, 0.1) is 0 Å². The highest BCUT2D eigenvalue weighted by atomic mass is 35.5. The number of oxime groups is 1. The fourth-order valence-corrected chi connectivity index (χ4v) is 4.27. The molecule has 1 unspecified atom stereocenters. The highest BCUT2D eigenvalue weighted by Crippen LogP contribution is 2.50. The van der Waals surface area contributed by atoms with Gasteiger partial charge < -0.3 is 15.3 Å². The van der Waals surface area contributed by atoms with Crippen LogP contribution < -0.4 is 5.32 Å². The molecule has 0 spiro atoms. The van der Waals surface area contributed by atoms with Crippen LogP contribution >= 0.6 is 11.6 Å². The molecule has 1 aliphatic heterocycles. The molecular formula is C24H15ClF6N2O4. The lowest BCUT2D eigenvalue weighted by Crippen LogP contribution is -2.43. The van der Waals surface area contributed by atoms with E-state index in [0.717, 1.165) is 6.07 Å². The fraction of sp³-hybridized carbons (Fsp3) is 0.208. The predicted molar refractivity (Wildman–Crippen MR) is 120 cm³/mol. The first-order valence-corrected chi connectivity index (χ1v) is 10.8. The lowest BCUT2D eigenvalue weighted by molar-refractivity contribution is -0.276. The van der Waals surface area contributed by atoms with Crippen LogP contribution in [0.3, 0.4) is 0 Å². The minimum absolute atomic E-state index is 0.0619. The number of amides is 1. The molecule has 4 rings (SSSR count). The number of rotatable bonds is 5. The first kappa shape index (κ1) is 26.3. The van der Waals surface area contributed by atoms with E-state index in [2.05, 4.69) is 10.5 Å². The summed E-state index contributed by atoms with van der Waals surface area (Å²) in [5.74, 6) is -2.00. The number of carboxylic acids is 1. The third-order valence-electron chi connectivity index (χ3n) is 5.76. The first-order chi connectivity index (χ1) is 17.2. The first-order valence-electron chi connectivity index (χ1n) is 10.4. The minimum atomic E-state index is -5.18. The Labute approximate surface area is 209 Å². The Bertz CT molecular complexity index is 1440. The quantitative estimate of drug-likeness (QED) is 0.391. The molecule has 0 saturated carbocycles. The smallest absolute Gasteiger partial charge is 0.435 e. The second-order valence-corrected chi connectivity index (χ2v) is 8.58. The molecule has 1 amide bonds. The van der Waals surface area contributed by atoms with E-state index in [1.165, 1.54) is 24.3 Å². The number of fused-ring (bicyclic) bond motifs is 1. The van der Waals surface area contributed by atoms with Gasteiger partial charge in [-0.3, -0.25) is 9.59 Å². The monoisotopic (exact) mass is 544 g/mol. The van der Waals surface area contributed by atoms with E-state index in [1.807, 2.05) is 0 Å².